The van der Waals surface area contributed by atoms with Crippen molar-refractivity contribution < 1.29 is 4.74 Å². The van der Waals surface area contributed by atoms with Crippen LogP contribution in [0.25, 0.3) is 0 Å². The quantitative estimate of drug-likeness (QED) is 0.781. The molecule has 0 unspecified atom stereocenters. The molecule has 0 radical (unpaired) electrons. The van der Waals surface area contributed by atoms with Crippen LogP contribution in [0.15, 0.2) is 36.4 Å². The molecule has 1 fully saturated rings. The molecular weight excluding hydrogens is 366 g/mol. The van der Waals surface area contributed by atoms with Crippen LogP contribution >= 0.6 is 23.8 Å². The van der Waals surface area contributed by atoms with Gasteiger partial charge in [0.25, 0.3) is 0 Å². The van der Waals surface area contributed by atoms with Gasteiger partial charge in [-0.2, -0.15) is 0 Å². The first-order valence-corrected chi connectivity index (χ1v) is 9.48. The van der Waals surface area contributed by atoms with Crippen LogP contribution in [0.1, 0.15) is 11.1 Å². The molecule has 2 aromatic carbocycles. The summed E-state index contributed by atoms with van der Waals surface area (Å²) < 4.78 is 5.49. The Balaban J connectivity index is 1.63. The van der Waals surface area contributed by atoms with E-state index >= 15 is 0 Å². The number of hydrogen-bond donors (Lipinski definition) is 1. The maximum absolute atomic E-state index is 6.11. The molecule has 138 valence electrons. The summed E-state index contributed by atoms with van der Waals surface area (Å²) in [4.78, 5) is 4.53. The number of thiocarbonyl (C=S) groups is 1. The van der Waals surface area contributed by atoms with Gasteiger partial charge in [0.1, 0.15) is 5.75 Å². The molecule has 3 rings (SSSR count). The number of nitrogens with zero attached hydrogens (tertiary/aromatic N) is 2. The summed E-state index contributed by atoms with van der Waals surface area (Å²) in [7, 11) is 1.68. The Morgan fingerprint density at radius 3 is 2.42 bits per heavy atom. The molecule has 26 heavy (non-hydrogen) atoms. The lowest BCUT2D eigenvalue weighted by molar-refractivity contribution is 0.390. The van der Waals surface area contributed by atoms with E-state index < -0.39 is 0 Å². The van der Waals surface area contributed by atoms with Gasteiger partial charge in [-0.05, 0) is 67.5 Å². The molecule has 0 atom stereocenters. The van der Waals surface area contributed by atoms with Crippen LogP contribution in [-0.4, -0.2) is 43.3 Å². The van der Waals surface area contributed by atoms with Gasteiger partial charge in [-0.15, -0.1) is 0 Å². The Bertz CT molecular complexity index is 804. The van der Waals surface area contributed by atoms with E-state index in [4.69, 9.17) is 28.6 Å². The van der Waals surface area contributed by atoms with E-state index in [1.807, 2.05) is 24.3 Å². The van der Waals surface area contributed by atoms with Crippen molar-refractivity contribution >= 4 is 40.3 Å². The first kappa shape index (κ1) is 18.8. The fourth-order valence-electron chi connectivity index (χ4n) is 3.09. The molecule has 4 nitrogen and oxygen atoms in total. The highest BCUT2D eigenvalue weighted by Crippen LogP contribution is 2.28. The minimum atomic E-state index is 0.734. The number of nitrogens with one attached hydrogen (secondary N) is 1. The highest BCUT2D eigenvalue weighted by atomic mass is 35.5. The Morgan fingerprint density at radius 2 is 1.77 bits per heavy atom. The lowest BCUT2D eigenvalue weighted by atomic mass is 10.1. The van der Waals surface area contributed by atoms with Gasteiger partial charge < -0.3 is 19.9 Å². The van der Waals surface area contributed by atoms with Crippen molar-refractivity contribution in [3.05, 3.63) is 52.5 Å². The third-order valence-electron chi connectivity index (χ3n) is 4.80. The first-order valence-electron chi connectivity index (χ1n) is 8.69. The number of anilines is 2. The largest absolute Gasteiger partial charge is 0.495 e. The van der Waals surface area contributed by atoms with Gasteiger partial charge in [0.2, 0.25) is 0 Å². The molecule has 2 aromatic rings. The third-order valence-corrected chi connectivity index (χ3v) is 5.39. The number of halogens is 1. The van der Waals surface area contributed by atoms with Gasteiger partial charge in [0.05, 0.1) is 12.8 Å². The van der Waals surface area contributed by atoms with Crippen LogP contribution in [0.5, 0.6) is 5.75 Å². The lowest BCUT2D eigenvalue weighted by Crippen LogP contribution is -2.50. The van der Waals surface area contributed by atoms with Crippen LogP contribution in [0, 0.1) is 13.8 Å². The summed E-state index contributed by atoms with van der Waals surface area (Å²) in [5, 5.41) is 4.86. The fourth-order valence-corrected chi connectivity index (χ4v) is 3.57. The molecule has 0 aromatic heterocycles. The maximum atomic E-state index is 6.11. The Hall–Kier alpha value is -1.98. The molecule has 0 saturated carbocycles. The van der Waals surface area contributed by atoms with Crippen molar-refractivity contribution in [2.75, 3.05) is 43.5 Å². The van der Waals surface area contributed by atoms with E-state index in [2.05, 4.69) is 41.1 Å². The number of methoxy groups -OCH3 is 1. The van der Waals surface area contributed by atoms with Crippen LogP contribution in [-0.2, 0) is 0 Å². The second kappa shape index (κ2) is 8.14. The van der Waals surface area contributed by atoms with E-state index in [-0.39, 0.29) is 0 Å². The predicted octanol–water partition coefficient (Wildman–Crippen LogP) is 4.48. The second-order valence-corrected chi connectivity index (χ2v) is 7.34. The molecule has 0 amide bonds. The van der Waals surface area contributed by atoms with E-state index in [9.17, 15) is 0 Å². The van der Waals surface area contributed by atoms with E-state index in [0.717, 1.165) is 53.4 Å². The molecule has 0 bridgehead atoms. The van der Waals surface area contributed by atoms with Crippen LogP contribution < -0.4 is 15.0 Å². The Morgan fingerprint density at radius 1 is 1.08 bits per heavy atom. The molecule has 1 aliphatic rings. The monoisotopic (exact) mass is 389 g/mol. The number of hydrogen-bond acceptors (Lipinski definition) is 3. The van der Waals surface area contributed by atoms with Gasteiger partial charge >= 0.3 is 0 Å². The summed E-state index contributed by atoms with van der Waals surface area (Å²) in [5.74, 6) is 0.813. The van der Waals surface area contributed by atoms with Crippen molar-refractivity contribution in [2.24, 2.45) is 0 Å². The second-order valence-electron chi connectivity index (χ2n) is 6.52. The molecule has 0 spiro atoms. The lowest BCUT2D eigenvalue weighted by Gasteiger charge is -2.37. The maximum Gasteiger partial charge on any atom is 0.173 e. The van der Waals surface area contributed by atoms with Crippen LogP contribution in [0.4, 0.5) is 11.4 Å². The van der Waals surface area contributed by atoms with Crippen molar-refractivity contribution in [3.8, 4) is 5.75 Å². The number of rotatable bonds is 3. The third kappa shape index (κ3) is 4.22. The summed E-state index contributed by atoms with van der Waals surface area (Å²) in [6.45, 7) is 7.72. The fraction of sp³-hybridized carbons (Fsp3) is 0.350. The standard InChI is InChI=1S/C20H24ClN3OS/c1-14-11-18(19(25-3)12-15(14)2)22-20(26)24-9-7-23(8-10-24)17-6-4-5-16(21)13-17/h4-6,11-13H,7-10H2,1-3H3,(H,22,26). The number of aryl methyl sites for hydroxylation is 2. The minimum absolute atomic E-state index is 0.734. The topological polar surface area (TPSA) is 27.7 Å². The molecular formula is C20H24ClN3OS. The molecule has 1 aliphatic heterocycles. The van der Waals surface area contributed by atoms with Gasteiger partial charge in [0, 0.05) is 36.9 Å². The zero-order chi connectivity index (χ0) is 18.7. The molecule has 1 N–H and O–H groups in total. The summed E-state index contributed by atoms with van der Waals surface area (Å²) in [6.07, 6.45) is 0. The van der Waals surface area contributed by atoms with Crippen molar-refractivity contribution in [1.29, 1.82) is 0 Å². The summed E-state index contributed by atoms with van der Waals surface area (Å²) in [6, 6.07) is 12.1. The smallest absolute Gasteiger partial charge is 0.173 e. The average Bonchev–Trinajstić information content (AvgIpc) is 2.64. The highest BCUT2D eigenvalue weighted by molar-refractivity contribution is 7.80. The van der Waals surface area contributed by atoms with Gasteiger partial charge in [-0.3, -0.25) is 0 Å². The van der Waals surface area contributed by atoms with Crippen molar-refractivity contribution in [1.82, 2.24) is 4.90 Å². The number of ether oxygens (including phenoxy) is 1. The Kier molecular flexibility index (Phi) is 5.89. The zero-order valence-corrected chi connectivity index (χ0v) is 17.0. The Labute approximate surface area is 165 Å². The van der Waals surface area contributed by atoms with E-state index in [1.165, 1.54) is 11.1 Å². The van der Waals surface area contributed by atoms with Gasteiger partial charge in [-0.25, -0.2) is 0 Å². The van der Waals surface area contributed by atoms with Gasteiger partial charge in [0.15, 0.2) is 5.11 Å². The number of piperazine rings is 1. The zero-order valence-electron chi connectivity index (χ0n) is 15.4. The van der Waals surface area contributed by atoms with Crippen molar-refractivity contribution in [3.63, 3.8) is 0 Å². The predicted molar refractivity (Wildman–Crippen MR) is 114 cm³/mol. The summed E-state index contributed by atoms with van der Waals surface area (Å²) in [5.41, 5.74) is 4.49. The van der Waals surface area contributed by atoms with Crippen molar-refractivity contribution in [2.45, 2.75) is 13.8 Å². The first-order chi connectivity index (χ1) is 12.5. The molecule has 1 heterocycles. The normalized spacial score (nSPS) is 14.3. The summed E-state index contributed by atoms with van der Waals surface area (Å²) >= 11 is 11.7. The van der Waals surface area contributed by atoms with E-state index in [0.29, 0.717) is 0 Å². The molecule has 0 aliphatic carbocycles. The van der Waals surface area contributed by atoms with E-state index in [1.54, 1.807) is 7.11 Å². The SMILES string of the molecule is COc1cc(C)c(C)cc1NC(=S)N1CCN(c2cccc(Cl)c2)CC1. The van der Waals surface area contributed by atoms with Crippen LogP contribution in [0.3, 0.4) is 0 Å². The van der Waals surface area contributed by atoms with Crippen LogP contribution in [0.2, 0.25) is 5.02 Å². The molecule has 1 saturated heterocycles. The highest BCUT2D eigenvalue weighted by Gasteiger charge is 2.20. The molecule has 6 heteroatoms. The van der Waals surface area contributed by atoms with Gasteiger partial charge in [-0.1, -0.05) is 17.7 Å². The minimum Gasteiger partial charge on any atom is -0.495 e. The number of benzene rings is 2. The average molecular weight is 390 g/mol.